The molecule has 1 aromatic heterocycles. The molecule has 0 spiro atoms. The molecule has 0 bridgehead atoms. The van der Waals surface area contributed by atoms with Crippen molar-refractivity contribution in [2.45, 2.75) is 13.3 Å². The summed E-state index contributed by atoms with van der Waals surface area (Å²) in [4.78, 5) is 18.3. The maximum atomic E-state index is 11.8. The molecule has 1 aliphatic rings. The molecule has 0 saturated carbocycles. The van der Waals surface area contributed by atoms with Crippen molar-refractivity contribution in [2.75, 3.05) is 32.7 Å². The van der Waals surface area contributed by atoms with Gasteiger partial charge in [-0.05, 0) is 6.92 Å². The van der Waals surface area contributed by atoms with Crippen LogP contribution in [0.15, 0.2) is 5.38 Å². The molecule has 1 aliphatic heterocycles. The van der Waals surface area contributed by atoms with Crippen LogP contribution in [0.2, 0.25) is 0 Å². The first-order chi connectivity index (χ1) is 7.74. The topological polar surface area (TPSA) is 45.2 Å². The van der Waals surface area contributed by atoms with E-state index in [1.165, 1.54) is 0 Å². The van der Waals surface area contributed by atoms with Gasteiger partial charge in [0.2, 0.25) is 0 Å². The number of aromatic nitrogens is 1. The first-order valence-corrected chi connectivity index (χ1v) is 6.48. The van der Waals surface area contributed by atoms with Crippen molar-refractivity contribution in [3.63, 3.8) is 0 Å². The van der Waals surface area contributed by atoms with Crippen molar-refractivity contribution in [3.05, 3.63) is 16.1 Å². The summed E-state index contributed by atoms with van der Waals surface area (Å²) in [5, 5.41) is 6.21. The zero-order valence-corrected chi connectivity index (χ0v) is 10.3. The van der Waals surface area contributed by atoms with Gasteiger partial charge in [-0.15, -0.1) is 11.3 Å². The van der Waals surface area contributed by atoms with E-state index >= 15 is 0 Å². The van der Waals surface area contributed by atoms with Gasteiger partial charge in [0.05, 0.1) is 13.0 Å². The highest BCUT2D eigenvalue weighted by atomic mass is 32.1. The van der Waals surface area contributed by atoms with Gasteiger partial charge in [-0.2, -0.15) is 0 Å². The largest absolute Gasteiger partial charge is 0.314 e. The molecule has 2 rings (SSSR count). The van der Waals surface area contributed by atoms with E-state index in [1.54, 1.807) is 11.3 Å². The Hall–Kier alpha value is -0.780. The zero-order valence-electron chi connectivity index (χ0n) is 9.53. The number of nitrogens with zero attached hydrogens (tertiary/aromatic N) is 2. The fraction of sp³-hybridized carbons (Fsp3) is 0.636. The molecule has 0 amide bonds. The van der Waals surface area contributed by atoms with Crippen LogP contribution in [0.3, 0.4) is 0 Å². The van der Waals surface area contributed by atoms with Gasteiger partial charge in [-0.3, -0.25) is 9.69 Å². The summed E-state index contributed by atoms with van der Waals surface area (Å²) >= 11 is 1.58. The predicted molar refractivity (Wildman–Crippen MR) is 64.9 cm³/mol. The summed E-state index contributed by atoms with van der Waals surface area (Å²) in [6, 6.07) is 0. The van der Waals surface area contributed by atoms with E-state index in [-0.39, 0.29) is 5.78 Å². The predicted octanol–water partition coefficient (Wildman–Crippen LogP) is 0.468. The van der Waals surface area contributed by atoms with Gasteiger partial charge >= 0.3 is 0 Å². The molecule has 88 valence electrons. The van der Waals surface area contributed by atoms with Crippen LogP contribution < -0.4 is 5.32 Å². The molecule has 0 aromatic carbocycles. The van der Waals surface area contributed by atoms with Crippen LogP contribution in [0.25, 0.3) is 0 Å². The van der Waals surface area contributed by atoms with Crippen molar-refractivity contribution in [2.24, 2.45) is 0 Å². The van der Waals surface area contributed by atoms with Gasteiger partial charge < -0.3 is 5.32 Å². The number of ketones is 1. The minimum absolute atomic E-state index is 0.274. The minimum atomic E-state index is 0.274. The number of hydrogen-bond acceptors (Lipinski definition) is 5. The number of Topliss-reactive ketones (excluding diaryl/α,β-unsaturated/α-hetero) is 1. The van der Waals surface area contributed by atoms with Crippen LogP contribution >= 0.6 is 11.3 Å². The monoisotopic (exact) mass is 239 g/mol. The number of hydrogen-bond donors (Lipinski definition) is 1. The van der Waals surface area contributed by atoms with E-state index in [2.05, 4.69) is 15.2 Å². The van der Waals surface area contributed by atoms with Crippen LogP contribution in [-0.2, 0) is 11.2 Å². The number of nitrogens with one attached hydrogen (secondary N) is 1. The van der Waals surface area contributed by atoms with Crippen LogP contribution in [0.1, 0.15) is 10.7 Å². The van der Waals surface area contributed by atoms with E-state index in [1.807, 2.05) is 12.3 Å². The molecule has 1 fully saturated rings. The van der Waals surface area contributed by atoms with E-state index < -0.39 is 0 Å². The van der Waals surface area contributed by atoms with Gasteiger partial charge in [0, 0.05) is 37.3 Å². The fourth-order valence-corrected chi connectivity index (χ4v) is 2.63. The fourth-order valence-electron chi connectivity index (χ4n) is 1.83. The smallest absolute Gasteiger partial charge is 0.153 e. The summed E-state index contributed by atoms with van der Waals surface area (Å²) in [7, 11) is 0. The van der Waals surface area contributed by atoms with Gasteiger partial charge in [0.15, 0.2) is 5.78 Å². The average molecular weight is 239 g/mol. The Labute approximate surface area is 99.7 Å². The van der Waals surface area contributed by atoms with E-state index in [4.69, 9.17) is 0 Å². The van der Waals surface area contributed by atoms with Crippen molar-refractivity contribution >= 4 is 17.1 Å². The minimum Gasteiger partial charge on any atom is -0.314 e. The summed E-state index contributed by atoms with van der Waals surface area (Å²) in [6.07, 6.45) is 0.489. The molecule has 16 heavy (non-hydrogen) atoms. The van der Waals surface area contributed by atoms with Gasteiger partial charge in [0.1, 0.15) is 5.01 Å². The SMILES string of the molecule is Cc1csc(CC(=O)CN2CCNCC2)n1. The lowest BCUT2D eigenvalue weighted by atomic mass is 10.2. The Kier molecular flexibility index (Phi) is 4.04. The summed E-state index contributed by atoms with van der Waals surface area (Å²) in [5.41, 5.74) is 1.01. The second-order valence-electron chi connectivity index (χ2n) is 4.12. The summed E-state index contributed by atoms with van der Waals surface area (Å²) < 4.78 is 0. The Morgan fingerprint density at radius 1 is 1.56 bits per heavy atom. The average Bonchev–Trinajstić information content (AvgIpc) is 2.65. The number of carbonyl (C=O) groups excluding carboxylic acids is 1. The van der Waals surface area contributed by atoms with Crippen LogP contribution in [0, 0.1) is 6.92 Å². The highest BCUT2D eigenvalue weighted by molar-refractivity contribution is 7.09. The molecular weight excluding hydrogens is 222 g/mol. The third kappa shape index (κ3) is 3.37. The molecule has 1 saturated heterocycles. The molecule has 0 atom stereocenters. The number of carbonyl (C=O) groups is 1. The number of thiazole rings is 1. The number of aryl methyl sites for hydroxylation is 1. The molecule has 2 heterocycles. The highest BCUT2D eigenvalue weighted by Crippen LogP contribution is 2.09. The lowest BCUT2D eigenvalue weighted by molar-refractivity contribution is -0.119. The molecule has 1 aromatic rings. The van der Waals surface area contributed by atoms with Crippen LogP contribution in [-0.4, -0.2) is 48.4 Å². The zero-order chi connectivity index (χ0) is 11.4. The van der Waals surface area contributed by atoms with Gasteiger partial charge in [0.25, 0.3) is 0 Å². The maximum Gasteiger partial charge on any atom is 0.153 e. The maximum absolute atomic E-state index is 11.8. The lowest BCUT2D eigenvalue weighted by Gasteiger charge is -2.26. The van der Waals surface area contributed by atoms with E-state index in [0.717, 1.165) is 36.9 Å². The summed E-state index contributed by atoms with van der Waals surface area (Å²) in [5.74, 6) is 0.274. The first kappa shape index (κ1) is 11.7. The number of rotatable bonds is 4. The van der Waals surface area contributed by atoms with E-state index in [9.17, 15) is 4.79 Å². The van der Waals surface area contributed by atoms with Crippen molar-refractivity contribution in [1.29, 1.82) is 0 Å². The Morgan fingerprint density at radius 2 is 2.31 bits per heavy atom. The normalized spacial score (nSPS) is 17.6. The van der Waals surface area contributed by atoms with E-state index in [0.29, 0.717) is 13.0 Å². The quantitative estimate of drug-likeness (QED) is 0.829. The van der Waals surface area contributed by atoms with Gasteiger partial charge in [-0.25, -0.2) is 4.98 Å². The number of piperazine rings is 1. The van der Waals surface area contributed by atoms with Gasteiger partial charge in [-0.1, -0.05) is 0 Å². The third-order valence-electron chi connectivity index (χ3n) is 2.62. The molecular formula is C11H17N3OS. The molecule has 0 radical (unpaired) electrons. The molecule has 5 heteroatoms. The second-order valence-corrected chi connectivity index (χ2v) is 5.07. The molecule has 0 aliphatic carbocycles. The highest BCUT2D eigenvalue weighted by Gasteiger charge is 2.14. The molecule has 1 N–H and O–H groups in total. The van der Waals surface area contributed by atoms with Crippen LogP contribution in [0.4, 0.5) is 0 Å². The van der Waals surface area contributed by atoms with Crippen LogP contribution in [0.5, 0.6) is 0 Å². The molecule has 4 nitrogen and oxygen atoms in total. The third-order valence-corrected chi connectivity index (χ3v) is 3.59. The van der Waals surface area contributed by atoms with Crippen molar-refractivity contribution in [3.8, 4) is 0 Å². The molecule has 0 unspecified atom stereocenters. The Balaban J connectivity index is 1.79. The Bertz CT molecular complexity index is 358. The summed E-state index contributed by atoms with van der Waals surface area (Å²) in [6.45, 7) is 6.46. The second kappa shape index (κ2) is 5.52. The van der Waals surface area contributed by atoms with Crippen molar-refractivity contribution < 1.29 is 4.79 Å². The first-order valence-electron chi connectivity index (χ1n) is 5.60. The standard InChI is InChI=1S/C11H17N3OS/c1-9-8-16-11(13-9)6-10(15)7-14-4-2-12-3-5-14/h8,12H,2-7H2,1H3. The lowest BCUT2D eigenvalue weighted by Crippen LogP contribution is -2.45. The van der Waals surface area contributed by atoms with Crippen molar-refractivity contribution in [1.82, 2.24) is 15.2 Å². The Morgan fingerprint density at radius 3 is 2.94 bits per heavy atom.